The Labute approximate surface area is 155 Å². The second-order valence-corrected chi connectivity index (χ2v) is 7.52. The van der Waals surface area contributed by atoms with Crippen molar-refractivity contribution >= 4 is 23.4 Å². The molecule has 25 heavy (non-hydrogen) atoms. The van der Waals surface area contributed by atoms with Crippen molar-refractivity contribution in [1.82, 2.24) is 15.1 Å². The molecule has 0 aliphatic rings. The molecular formula is C18H28ClN3O3. The summed E-state index contributed by atoms with van der Waals surface area (Å²) in [4.78, 5) is 27.3. The van der Waals surface area contributed by atoms with E-state index in [0.29, 0.717) is 23.9 Å². The Bertz CT molecular complexity index is 570. The zero-order chi connectivity index (χ0) is 19.0. The average molecular weight is 370 g/mol. The standard InChI is InChI=1S/C18H28ClN3O3/c1-18(2,3)20-16(23)12-21(4)13-17(24)22(5)10-11-25-15-8-6-14(19)7-9-15/h6-9H,10-13H2,1-5H3,(H,20,23). The average Bonchev–Trinajstić information content (AvgIpc) is 2.46. The summed E-state index contributed by atoms with van der Waals surface area (Å²) in [6, 6.07) is 7.07. The van der Waals surface area contributed by atoms with E-state index in [1.165, 1.54) is 0 Å². The predicted octanol–water partition coefficient (Wildman–Crippen LogP) is 2.02. The number of amides is 2. The molecule has 1 aromatic rings. The van der Waals surface area contributed by atoms with Gasteiger partial charge < -0.3 is 15.0 Å². The van der Waals surface area contributed by atoms with Crippen LogP contribution >= 0.6 is 11.6 Å². The van der Waals surface area contributed by atoms with Gasteiger partial charge in [0.25, 0.3) is 0 Å². The monoisotopic (exact) mass is 369 g/mol. The maximum absolute atomic E-state index is 12.2. The minimum Gasteiger partial charge on any atom is -0.492 e. The molecule has 140 valence electrons. The molecular weight excluding hydrogens is 342 g/mol. The number of hydrogen-bond donors (Lipinski definition) is 1. The van der Waals surface area contributed by atoms with E-state index in [1.807, 2.05) is 20.8 Å². The van der Waals surface area contributed by atoms with E-state index in [4.69, 9.17) is 16.3 Å². The molecule has 0 aliphatic carbocycles. The zero-order valence-corrected chi connectivity index (χ0v) is 16.4. The first-order chi connectivity index (χ1) is 11.6. The van der Waals surface area contributed by atoms with Crippen LogP contribution in [0.15, 0.2) is 24.3 Å². The van der Waals surface area contributed by atoms with Gasteiger partial charge in [-0.3, -0.25) is 14.5 Å². The van der Waals surface area contributed by atoms with E-state index < -0.39 is 0 Å². The smallest absolute Gasteiger partial charge is 0.236 e. The number of carbonyl (C=O) groups excluding carboxylic acids is 2. The Kier molecular flexibility index (Phi) is 8.19. The van der Waals surface area contributed by atoms with Gasteiger partial charge in [0.15, 0.2) is 0 Å². The molecule has 0 saturated carbocycles. The lowest BCUT2D eigenvalue weighted by Gasteiger charge is -2.24. The molecule has 0 heterocycles. The minimum absolute atomic E-state index is 0.0641. The Balaban J connectivity index is 2.30. The van der Waals surface area contributed by atoms with Gasteiger partial charge in [-0.2, -0.15) is 0 Å². The SMILES string of the molecule is CN(CC(=O)NC(C)(C)C)CC(=O)N(C)CCOc1ccc(Cl)cc1. The van der Waals surface area contributed by atoms with Crippen LogP contribution in [0.5, 0.6) is 5.75 Å². The first-order valence-electron chi connectivity index (χ1n) is 8.19. The van der Waals surface area contributed by atoms with Crippen LogP contribution in [-0.2, 0) is 9.59 Å². The molecule has 0 saturated heterocycles. The van der Waals surface area contributed by atoms with Gasteiger partial charge in [-0.15, -0.1) is 0 Å². The molecule has 0 aromatic heterocycles. The number of halogens is 1. The Hall–Kier alpha value is -1.79. The number of benzene rings is 1. The van der Waals surface area contributed by atoms with Crippen LogP contribution in [0, 0.1) is 0 Å². The van der Waals surface area contributed by atoms with E-state index in [9.17, 15) is 9.59 Å². The fourth-order valence-electron chi connectivity index (χ4n) is 2.07. The highest BCUT2D eigenvalue weighted by Crippen LogP contribution is 2.15. The number of rotatable bonds is 8. The van der Waals surface area contributed by atoms with Crippen molar-refractivity contribution in [1.29, 1.82) is 0 Å². The summed E-state index contributed by atoms with van der Waals surface area (Å²) in [5, 5.41) is 3.53. The number of hydrogen-bond acceptors (Lipinski definition) is 4. The number of likely N-dealkylation sites (N-methyl/N-ethyl adjacent to an activating group) is 2. The summed E-state index contributed by atoms with van der Waals surface area (Å²) in [6.45, 7) is 6.97. The Morgan fingerprint density at radius 1 is 1.12 bits per heavy atom. The highest BCUT2D eigenvalue weighted by atomic mass is 35.5. The predicted molar refractivity (Wildman–Crippen MR) is 100.0 cm³/mol. The molecule has 0 aliphatic heterocycles. The number of carbonyl (C=O) groups is 2. The van der Waals surface area contributed by atoms with Gasteiger partial charge in [0.2, 0.25) is 11.8 Å². The van der Waals surface area contributed by atoms with Crippen LogP contribution in [0.3, 0.4) is 0 Å². The largest absolute Gasteiger partial charge is 0.492 e. The zero-order valence-electron chi connectivity index (χ0n) is 15.6. The maximum atomic E-state index is 12.2. The van der Waals surface area contributed by atoms with Crippen molar-refractivity contribution < 1.29 is 14.3 Å². The normalized spacial score (nSPS) is 11.3. The van der Waals surface area contributed by atoms with Crippen LogP contribution in [0.1, 0.15) is 20.8 Å². The molecule has 0 unspecified atom stereocenters. The van der Waals surface area contributed by atoms with Gasteiger partial charge in [0.1, 0.15) is 12.4 Å². The first kappa shape index (κ1) is 21.3. The van der Waals surface area contributed by atoms with Crippen LogP contribution in [0.2, 0.25) is 5.02 Å². The van der Waals surface area contributed by atoms with Gasteiger partial charge in [-0.1, -0.05) is 11.6 Å². The molecule has 7 heteroatoms. The van der Waals surface area contributed by atoms with Crippen molar-refractivity contribution in [3.8, 4) is 5.75 Å². The summed E-state index contributed by atoms with van der Waals surface area (Å²) < 4.78 is 5.58. The van der Waals surface area contributed by atoms with E-state index >= 15 is 0 Å². The van der Waals surface area contributed by atoms with Gasteiger partial charge >= 0.3 is 0 Å². The maximum Gasteiger partial charge on any atom is 0.236 e. The molecule has 1 N–H and O–H groups in total. The molecule has 6 nitrogen and oxygen atoms in total. The van der Waals surface area contributed by atoms with Crippen molar-refractivity contribution in [3.05, 3.63) is 29.3 Å². The quantitative estimate of drug-likeness (QED) is 0.761. The van der Waals surface area contributed by atoms with Crippen LogP contribution in [-0.4, -0.2) is 67.5 Å². The third-order valence-electron chi connectivity index (χ3n) is 3.27. The topological polar surface area (TPSA) is 61.9 Å². The lowest BCUT2D eigenvalue weighted by atomic mass is 10.1. The molecule has 0 bridgehead atoms. The van der Waals surface area contributed by atoms with Gasteiger partial charge in [0, 0.05) is 17.6 Å². The fourth-order valence-corrected chi connectivity index (χ4v) is 2.19. The first-order valence-corrected chi connectivity index (χ1v) is 8.56. The van der Waals surface area contributed by atoms with E-state index in [-0.39, 0.29) is 30.4 Å². The minimum atomic E-state index is -0.280. The van der Waals surface area contributed by atoms with Gasteiger partial charge in [-0.05, 0) is 52.1 Å². The number of ether oxygens (including phenoxy) is 1. The summed E-state index contributed by atoms with van der Waals surface area (Å²) >= 11 is 5.82. The van der Waals surface area contributed by atoms with Crippen LogP contribution in [0.25, 0.3) is 0 Å². The molecule has 2 amide bonds. The highest BCUT2D eigenvalue weighted by Gasteiger charge is 2.17. The lowest BCUT2D eigenvalue weighted by molar-refractivity contribution is -0.132. The molecule has 0 spiro atoms. The van der Waals surface area contributed by atoms with E-state index in [1.54, 1.807) is 48.2 Å². The van der Waals surface area contributed by atoms with Crippen molar-refractivity contribution in [3.63, 3.8) is 0 Å². The molecule has 0 fully saturated rings. The molecule has 0 atom stereocenters. The molecule has 0 radical (unpaired) electrons. The van der Waals surface area contributed by atoms with Crippen molar-refractivity contribution in [2.75, 3.05) is 40.3 Å². The summed E-state index contributed by atoms with van der Waals surface area (Å²) in [5.41, 5.74) is -0.280. The number of nitrogens with one attached hydrogen (secondary N) is 1. The molecule has 1 aromatic carbocycles. The lowest BCUT2D eigenvalue weighted by Crippen LogP contribution is -2.47. The third kappa shape index (κ3) is 9.31. The van der Waals surface area contributed by atoms with E-state index in [0.717, 1.165) is 0 Å². The van der Waals surface area contributed by atoms with Crippen molar-refractivity contribution in [2.45, 2.75) is 26.3 Å². The van der Waals surface area contributed by atoms with Crippen LogP contribution in [0.4, 0.5) is 0 Å². The van der Waals surface area contributed by atoms with Gasteiger partial charge in [0.05, 0.1) is 19.6 Å². The van der Waals surface area contributed by atoms with E-state index in [2.05, 4.69) is 5.32 Å². The van der Waals surface area contributed by atoms with Gasteiger partial charge in [-0.25, -0.2) is 0 Å². The summed E-state index contributed by atoms with van der Waals surface area (Å²) in [5.74, 6) is 0.545. The summed E-state index contributed by atoms with van der Waals surface area (Å²) in [7, 11) is 3.47. The highest BCUT2D eigenvalue weighted by molar-refractivity contribution is 6.30. The third-order valence-corrected chi connectivity index (χ3v) is 3.52. The van der Waals surface area contributed by atoms with Crippen LogP contribution < -0.4 is 10.1 Å². The fraction of sp³-hybridized carbons (Fsp3) is 0.556. The second-order valence-electron chi connectivity index (χ2n) is 7.09. The number of nitrogens with zero attached hydrogens (tertiary/aromatic N) is 2. The Morgan fingerprint density at radius 3 is 2.28 bits per heavy atom. The Morgan fingerprint density at radius 2 is 1.72 bits per heavy atom. The summed E-state index contributed by atoms with van der Waals surface area (Å²) in [6.07, 6.45) is 0. The van der Waals surface area contributed by atoms with Crippen molar-refractivity contribution in [2.24, 2.45) is 0 Å². The second kappa shape index (κ2) is 9.63. The molecule has 1 rings (SSSR count).